The molecular formula is C16H23FN2O3S. The molecule has 2 fully saturated rings. The van der Waals surface area contributed by atoms with Gasteiger partial charge in [-0.25, -0.2) is 17.1 Å². The lowest BCUT2D eigenvalue weighted by molar-refractivity contribution is 0.126. The fourth-order valence-corrected chi connectivity index (χ4v) is 4.90. The first-order valence-corrected chi connectivity index (χ1v) is 9.76. The molecule has 0 radical (unpaired) electrons. The largest absolute Gasteiger partial charge is 0.380 e. The average molecular weight is 342 g/mol. The fraction of sp³-hybridized carbons (Fsp3) is 0.625. The van der Waals surface area contributed by atoms with Crippen LogP contribution in [0.3, 0.4) is 0 Å². The Bertz CT molecular complexity index is 624. The molecule has 0 aromatic heterocycles. The molecule has 2 aliphatic rings. The number of rotatable bonds is 5. The zero-order valence-corrected chi connectivity index (χ0v) is 13.9. The van der Waals surface area contributed by atoms with Crippen LogP contribution in [-0.2, 0) is 14.8 Å². The quantitative estimate of drug-likeness (QED) is 0.891. The predicted molar refractivity (Wildman–Crippen MR) is 87.4 cm³/mol. The van der Waals surface area contributed by atoms with Crippen LogP contribution >= 0.6 is 0 Å². The van der Waals surface area contributed by atoms with E-state index in [1.165, 1.54) is 6.07 Å². The standard InChI is InChI=1S/C16H23FN2O3S/c17-15-5-1-2-6-16(15)18-13-7-9-19(10-8-13)23(20,21)12-14-4-3-11-22-14/h1-2,5-6,13-14,18H,3-4,7-12H2/t14-/m1/s1. The van der Waals surface area contributed by atoms with E-state index in [1.54, 1.807) is 22.5 Å². The Kier molecular flexibility index (Phi) is 5.18. The topological polar surface area (TPSA) is 58.6 Å². The fourth-order valence-electron chi connectivity index (χ4n) is 3.19. The molecule has 128 valence electrons. The van der Waals surface area contributed by atoms with Gasteiger partial charge in [0.2, 0.25) is 10.0 Å². The normalized spacial score (nSPS) is 24.0. The van der Waals surface area contributed by atoms with E-state index in [-0.39, 0.29) is 23.7 Å². The first kappa shape index (κ1) is 16.7. The van der Waals surface area contributed by atoms with Gasteiger partial charge in [0.05, 0.1) is 17.5 Å². The Hall–Kier alpha value is -1.18. The third-order valence-electron chi connectivity index (χ3n) is 4.50. The van der Waals surface area contributed by atoms with Gasteiger partial charge in [-0.2, -0.15) is 0 Å². The summed E-state index contributed by atoms with van der Waals surface area (Å²) in [6.45, 7) is 1.61. The van der Waals surface area contributed by atoms with E-state index in [4.69, 9.17) is 4.74 Å². The molecule has 3 rings (SSSR count). The Labute approximate surface area is 136 Å². The number of nitrogens with one attached hydrogen (secondary N) is 1. The van der Waals surface area contributed by atoms with Crippen LogP contribution in [0.15, 0.2) is 24.3 Å². The molecular weight excluding hydrogens is 319 g/mol. The van der Waals surface area contributed by atoms with Crippen molar-refractivity contribution >= 4 is 15.7 Å². The highest BCUT2D eigenvalue weighted by Gasteiger charge is 2.31. The molecule has 5 nitrogen and oxygen atoms in total. The van der Waals surface area contributed by atoms with E-state index >= 15 is 0 Å². The summed E-state index contributed by atoms with van der Waals surface area (Å²) < 4.78 is 45.5. The summed E-state index contributed by atoms with van der Waals surface area (Å²) in [5.41, 5.74) is 0.480. The van der Waals surface area contributed by atoms with Crippen LogP contribution in [0.2, 0.25) is 0 Å². The molecule has 0 spiro atoms. The summed E-state index contributed by atoms with van der Waals surface area (Å²) in [7, 11) is -3.26. The van der Waals surface area contributed by atoms with Crippen molar-refractivity contribution in [1.82, 2.24) is 4.31 Å². The molecule has 0 aliphatic carbocycles. The van der Waals surface area contributed by atoms with Gasteiger partial charge in [0.15, 0.2) is 0 Å². The van der Waals surface area contributed by atoms with Crippen molar-refractivity contribution in [3.05, 3.63) is 30.1 Å². The highest BCUT2D eigenvalue weighted by molar-refractivity contribution is 7.89. The summed E-state index contributed by atoms with van der Waals surface area (Å²) in [6, 6.07) is 6.66. The predicted octanol–water partition coefficient (Wildman–Crippen LogP) is 2.21. The number of ether oxygens (including phenoxy) is 1. The second-order valence-corrected chi connectivity index (χ2v) is 8.22. The molecule has 1 atom stereocenters. The lowest BCUT2D eigenvalue weighted by Crippen LogP contribution is -2.44. The minimum absolute atomic E-state index is 0.0818. The number of para-hydroxylation sites is 1. The molecule has 0 unspecified atom stereocenters. The molecule has 0 amide bonds. The molecule has 7 heteroatoms. The van der Waals surface area contributed by atoms with Gasteiger partial charge in [0.1, 0.15) is 5.82 Å². The molecule has 0 bridgehead atoms. The van der Waals surface area contributed by atoms with Gasteiger partial charge in [-0.05, 0) is 37.8 Å². The van der Waals surface area contributed by atoms with Crippen LogP contribution in [0.1, 0.15) is 25.7 Å². The van der Waals surface area contributed by atoms with Crippen molar-refractivity contribution in [3.63, 3.8) is 0 Å². The number of sulfonamides is 1. The molecule has 1 aromatic carbocycles. The van der Waals surface area contributed by atoms with Gasteiger partial charge < -0.3 is 10.1 Å². The molecule has 1 aromatic rings. The van der Waals surface area contributed by atoms with Gasteiger partial charge in [0, 0.05) is 25.7 Å². The first-order chi connectivity index (χ1) is 11.0. The maximum absolute atomic E-state index is 13.7. The Morgan fingerprint density at radius 2 is 1.96 bits per heavy atom. The summed E-state index contributed by atoms with van der Waals surface area (Å²) in [5, 5.41) is 3.17. The first-order valence-electron chi connectivity index (χ1n) is 8.15. The summed E-state index contributed by atoms with van der Waals surface area (Å²) in [6.07, 6.45) is 2.96. The van der Waals surface area contributed by atoms with Crippen molar-refractivity contribution in [3.8, 4) is 0 Å². The Morgan fingerprint density at radius 1 is 1.22 bits per heavy atom. The molecule has 2 saturated heterocycles. The summed E-state index contributed by atoms with van der Waals surface area (Å²) in [5.74, 6) is -0.195. The van der Waals surface area contributed by atoms with Crippen LogP contribution in [-0.4, -0.2) is 50.3 Å². The second kappa shape index (κ2) is 7.15. The van der Waals surface area contributed by atoms with Crippen molar-refractivity contribution in [2.24, 2.45) is 0 Å². The van der Waals surface area contributed by atoms with Crippen LogP contribution in [0.5, 0.6) is 0 Å². The highest BCUT2D eigenvalue weighted by atomic mass is 32.2. The van der Waals surface area contributed by atoms with Crippen molar-refractivity contribution < 1.29 is 17.5 Å². The zero-order valence-electron chi connectivity index (χ0n) is 13.1. The molecule has 1 N–H and O–H groups in total. The number of piperidine rings is 1. The number of hydrogen-bond acceptors (Lipinski definition) is 4. The maximum Gasteiger partial charge on any atom is 0.216 e. The van der Waals surface area contributed by atoms with Gasteiger partial charge in [0.25, 0.3) is 0 Å². The number of halogens is 1. The van der Waals surface area contributed by atoms with Crippen LogP contribution < -0.4 is 5.32 Å². The number of anilines is 1. The molecule has 2 heterocycles. The van der Waals surface area contributed by atoms with Gasteiger partial charge >= 0.3 is 0 Å². The average Bonchev–Trinajstić information content (AvgIpc) is 3.02. The monoisotopic (exact) mass is 342 g/mol. The van der Waals surface area contributed by atoms with Gasteiger partial charge in [-0.15, -0.1) is 0 Å². The van der Waals surface area contributed by atoms with E-state index in [0.29, 0.717) is 38.2 Å². The number of nitrogens with zero attached hydrogens (tertiary/aromatic N) is 1. The third-order valence-corrected chi connectivity index (χ3v) is 6.45. The zero-order chi connectivity index (χ0) is 16.3. The highest BCUT2D eigenvalue weighted by Crippen LogP contribution is 2.22. The minimum atomic E-state index is -3.26. The van der Waals surface area contributed by atoms with E-state index in [1.807, 2.05) is 0 Å². The van der Waals surface area contributed by atoms with Crippen molar-refractivity contribution in [2.45, 2.75) is 37.8 Å². The lowest BCUT2D eigenvalue weighted by Gasteiger charge is -2.32. The minimum Gasteiger partial charge on any atom is -0.380 e. The number of hydrogen-bond donors (Lipinski definition) is 1. The SMILES string of the molecule is O=S(=O)(C[C@H]1CCCO1)N1CCC(Nc2ccccc2F)CC1. The van der Waals surface area contributed by atoms with Gasteiger partial charge in [-0.1, -0.05) is 12.1 Å². The van der Waals surface area contributed by atoms with E-state index in [0.717, 1.165) is 12.8 Å². The second-order valence-electron chi connectivity index (χ2n) is 6.21. The van der Waals surface area contributed by atoms with Crippen molar-refractivity contribution in [2.75, 3.05) is 30.8 Å². The van der Waals surface area contributed by atoms with Crippen LogP contribution in [0.4, 0.5) is 10.1 Å². The van der Waals surface area contributed by atoms with Gasteiger partial charge in [-0.3, -0.25) is 0 Å². The van der Waals surface area contributed by atoms with Crippen LogP contribution in [0.25, 0.3) is 0 Å². The van der Waals surface area contributed by atoms with E-state index < -0.39 is 10.0 Å². The maximum atomic E-state index is 13.7. The van der Waals surface area contributed by atoms with Crippen molar-refractivity contribution in [1.29, 1.82) is 0 Å². The smallest absolute Gasteiger partial charge is 0.216 e. The Morgan fingerprint density at radius 3 is 2.61 bits per heavy atom. The Balaban J connectivity index is 1.52. The summed E-state index contributed by atoms with van der Waals surface area (Å²) in [4.78, 5) is 0. The molecule has 2 aliphatic heterocycles. The molecule has 0 saturated carbocycles. The number of benzene rings is 1. The van der Waals surface area contributed by atoms with E-state index in [2.05, 4.69) is 5.32 Å². The summed E-state index contributed by atoms with van der Waals surface area (Å²) >= 11 is 0. The van der Waals surface area contributed by atoms with Crippen LogP contribution in [0, 0.1) is 5.82 Å². The lowest BCUT2D eigenvalue weighted by atomic mass is 10.1. The molecule has 23 heavy (non-hydrogen) atoms. The third kappa shape index (κ3) is 4.22. The van der Waals surface area contributed by atoms with E-state index in [9.17, 15) is 12.8 Å².